The number of Topliss-reactive ketones (excluding diaryl/α,β-unsaturated/α-hetero) is 2. The molecule has 0 aromatic heterocycles. The smallest absolute Gasteiger partial charge is 0.319 e. The fourth-order valence-electron chi connectivity index (χ4n) is 4.86. The maximum absolute atomic E-state index is 13.2. The number of urea groups is 1. The van der Waals surface area contributed by atoms with E-state index in [9.17, 15) is 18.8 Å². The second kappa shape index (κ2) is 12.6. The van der Waals surface area contributed by atoms with Crippen LogP contribution in [-0.4, -0.2) is 48.2 Å². The molecule has 3 rings (SSSR count). The zero-order valence-electron chi connectivity index (χ0n) is 20.9. The van der Waals surface area contributed by atoms with Crippen LogP contribution >= 0.6 is 0 Å². The lowest BCUT2D eigenvalue weighted by molar-refractivity contribution is 0.101. The molecule has 6 nitrogen and oxygen atoms in total. The number of hydrogen-bond acceptors (Lipinski definition) is 4. The summed E-state index contributed by atoms with van der Waals surface area (Å²) in [4.78, 5) is 38.4. The van der Waals surface area contributed by atoms with E-state index in [0.29, 0.717) is 35.3 Å². The molecule has 7 heteroatoms. The van der Waals surface area contributed by atoms with E-state index in [4.69, 9.17) is 0 Å². The number of nitrogens with one attached hydrogen (secondary N) is 2. The Kier molecular flexibility index (Phi) is 9.55. The van der Waals surface area contributed by atoms with E-state index in [0.717, 1.165) is 45.2 Å². The van der Waals surface area contributed by atoms with Crippen LogP contribution in [0.5, 0.6) is 0 Å². The van der Waals surface area contributed by atoms with Gasteiger partial charge >= 0.3 is 6.03 Å². The van der Waals surface area contributed by atoms with Gasteiger partial charge in [-0.3, -0.25) is 9.59 Å². The SMILES string of the molecule is CCN1CC[C@@H](Cc2ccc(F)cc2)C[C@@H]1CCCNC(=O)Nc1cc(C(C)=O)cc(C(C)=O)c1. The Morgan fingerprint density at radius 2 is 1.69 bits per heavy atom. The van der Waals surface area contributed by atoms with Crippen molar-refractivity contribution in [1.82, 2.24) is 10.2 Å². The summed E-state index contributed by atoms with van der Waals surface area (Å²) < 4.78 is 13.2. The number of carbonyl (C=O) groups is 3. The van der Waals surface area contributed by atoms with Crippen molar-refractivity contribution in [2.24, 2.45) is 5.92 Å². The fourth-order valence-corrected chi connectivity index (χ4v) is 4.86. The topological polar surface area (TPSA) is 78.5 Å². The zero-order chi connectivity index (χ0) is 25.4. The Morgan fingerprint density at radius 1 is 1.03 bits per heavy atom. The molecule has 35 heavy (non-hydrogen) atoms. The number of halogens is 1. The molecule has 1 saturated heterocycles. The van der Waals surface area contributed by atoms with Gasteiger partial charge in [-0.1, -0.05) is 19.1 Å². The van der Waals surface area contributed by atoms with Crippen LogP contribution in [-0.2, 0) is 6.42 Å². The molecule has 2 N–H and O–H groups in total. The number of rotatable bonds is 10. The summed E-state index contributed by atoms with van der Waals surface area (Å²) in [5, 5.41) is 5.62. The lowest BCUT2D eigenvalue weighted by Gasteiger charge is -2.39. The average Bonchev–Trinajstić information content (AvgIpc) is 2.83. The van der Waals surface area contributed by atoms with Gasteiger partial charge in [-0.15, -0.1) is 0 Å². The van der Waals surface area contributed by atoms with Crippen LogP contribution in [0.15, 0.2) is 42.5 Å². The molecule has 2 amide bonds. The first-order chi connectivity index (χ1) is 16.7. The van der Waals surface area contributed by atoms with Gasteiger partial charge in [0.2, 0.25) is 0 Å². The second-order valence-electron chi connectivity index (χ2n) is 9.44. The molecule has 0 bridgehead atoms. The number of nitrogens with zero attached hydrogens (tertiary/aromatic N) is 1. The average molecular weight is 482 g/mol. The Morgan fingerprint density at radius 3 is 2.29 bits per heavy atom. The van der Waals surface area contributed by atoms with Crippen molar-refractivity contribution >= 4 is 23.3 Å². The predicted octanol–water partition coefficient (Wildman–Crippen LogP) is 5.48. The number of benzene rings is 2. The van der Waals surface area contributed by atoms with Gasteiger partial charge in [0.25, 0.3) is 0 Å². The van der Waals surface area contributed by atoms with Crippen LogP contribution in [0.2, 0.25) is 0 Å². The van der Waals surface area contributed by atoms with Crippen molar-refractivity contribution in [3.63, 3.8) is 0 Å². The molecule has 1 fully saturated rings. The van der Waals surface area contributed by atoms with Crippen molar-refractivity contribution in [1.29, 1.82) is 0 Å². The number of likely N-dealkylation sites (tertiary alicyclic amines) is 1. The first-order valence-electron chi connectivity index (χ1n) is 12.5. The van der Waals surface area contributed by atoms with Crippen LogP contribution in [0.1, 0.15) is 72.7 Å². The van der Waals surface area contributed by atoms with E-state index >= 15 is 0 Å². The highest BCUT2D eigenvalue weighted by atomic mass is 19.1. The van der Waals surface area contributed by atoms with Crippen LogP contribution < -0.4 is 10.6 Å². The van der Waals surface area contributed by atoms with Crippen molar-refractivity contribution in [3.05, 3.63) is 65.0 Å². The molecular formula is C28H36FN3O3. The van der Waals surface area contributed by atoms with E-state index in [-0.39, 0.29) is 23.4 Å². The summed E-state index contributed by atoms with van der Waals surface area (Å²) >= 11 is 0. The third-order valence-corrected chi connectivity index (χ3v) is 6.79. The van der Waals surface area contributed by atoms with E-state index in [2.05, 4.69) is 22.5 Å². The van der Waals surface area contributed by atoms with Gasteiger partial charge in [0.1, 0.15) is 5.82 Å². The number of anilines is 1. The highest BCUT2D eigenvalue weighted by molar-refractivity contribution is 6.02. The Bertz CT molecular complexity index is 1010. The molecule has 0 radical (unpaired) electrons. The standard InChI is InChI=1S/C28H36FN3O3/c1-4-32-13-11-22(14-21-7-9-25(29)10-8-21)15-27(32)6-5-12-30-28(35)31-26-17-23(19(2)33)16-24(18-26)20(3)34/h7-10,16-18,22,27H,4-6,11-15H2,1-3H3,(H2,30,31,35)/t22-,27-/m0/s1. The molecule has 1 aliphatic heterocycles. The molecule has 2 aromatic carbocycles. The summed E-state index contributed by atoms with van der Waals surface area (Å²) in [6.07, 6.45) is 5.05. The number of piperidine rings is 1. The zero-order valence-corrected chi connectivity index (χ0v) is 20.9. The molecule has 1 aliphatic rings. The van der Waals surface area contributed by atoms with Crippen LogP contribution in [0, 0.1) is 11.7 Å². The third kappa shape index (κ3) is 7.99. The fraction of sp³-hybridized carbons (Fsp3) is 0.464. The quantitative estimate of drug-likeness (QED) is 0.348. The molecule has 0 saturated carbocycles. The van der Waals surface area contributed by atoms with E-state index in [1.165, 1.54) is 31.5 Å². The summed E-state index contributed by atoms with van der Waals surface area (Å²) in [5.74, 6) is 0.0489. The Hall–Kier alpha value is -3.06. The lowest BCUT2D eigenvalue weighted by Crippen LogP contribution is -2.43. The van der Waals surface area contributed by atoms with E-state index < -0.39 is 0 Å². The van der Waals surface area contributed by atoms with Crippen molar-refractivity contribution in [2.45, 2.75) is 58.9 Å². The number of hydrogen-bond donors (Lipinski definition) is 2. The minimum Gasteiger partial charge on any atom is -0.338 e. The van der Waals surface area contributed by atoms with Crippen LogP contribution in [0.3, 0.4) is 0 Å². The van der Waals surface area contributed by atoms with E-state index in [1.807, 2.05) is 12.1 Å². The lowest BCUT2D eigenvalue weighted by atomic mass is 9.84. The minimum atomic E-state index is -0.356. The van der Waals surface area contributed by atoms with Crippen LogP contribution in [0.4, 0.5) is 14.9 Å². The third-order valence-electron chi connectivity index (χ3n) is 6.79. The van der Waals surface area contributed by atoms with Crippen LogP contribution in [0.25, 0.3) is 0 Å². The van der Waals surface area contributed by atoms with Gasteiger partial charge in [-0.25, -0.2) is 9.18 Å². The molecule has 2 atom stereocenters. The molecule has 0 spiro atoms. The first kappa shape index (κ1) is 26.5. The largest absolute Gasteiger partial charge is 0.338 e. The minimum absolute atomic E-state index is 0.165. The molecule has 2 aromatic rings. The molecule has 0 aliphatic carbocycles. The number of carbonyl (C=O) groups excluding carboxylic acids is 3. The summed E-state index contributed by atoms with van der Waals surface area (Å²) in [6, 6.07) is 11.6. The van der Waals surface area contributed by atoms with Crippen molar-refractivity contribution < 1.29 is 18.8 Å². The van der Waals surface area contributed by atoms with Gasteiger partial charge in [0.15, 0.2) is 11.6 Å². The van der Waals surface area contributed by atoms with Gasteiger partial charge in [0.05, 0.1) is 0 Å². The van der Waals surface area contributed by atoms with E-state index in [1.54, 1.807) is 18.2 Å². The first-order valence-corrected chi connectivity index (χ1v) is 12.5. The molecule has 188 valence electrons. The summed E-state index contributed by atoms with van der Waals surface area (Å²) in [6.45, 7) is 7.65. The highest BCUT2D eigenvalue weighted by Crippen LogP contribution is 2.28. The van der Waals surface area contributed by atoms with Gasteiger partial charge in [0, 0.05) is 29.4 Å². The highest BCUT2D eigenvalue weighted by Gasteiger charge is 2.27. The maximum Gasteiger partial charge on any atom is 0.319 e. The maximum atomic E-state index is 13.2. The normalized spacial score (nSPS) is 18.2. The summed E-state index contributed by atoms with van der Waals surface area (Å²) in [5.41, 5.74) is 2.38. The Balaban J connectivity index is 1.47. The van der Waals surface area contributed by atoms with Gasteiger partial charge in [-0.2, -0.15) is 0 Å². The van der Waals surface area contributed by atoms with Crippen molar-refractivity contribution in [2.75, 3.05) is 25.0 Å². The molecular weight excluding hydrogens is 445 g/mol. The number of amides is 2. The predicted molar refractivity (Wildman–Crippen MR) is 137 cm³/mol. The monoisotopic (exact) mass is 481 g/mol. The summed E-state index contributed by atoms with van der Waals surface area (Å²) in [7, 11) is 0. The van der Waals surface area contributed by atoms with Gasteiger partial charge < -0.3 is 15.5 Å². The molecule has 0 unspecified atom stereocenters. The molecule has 1 heterocycles. The number of ketones is 2. The van der Waals surface area contributed by atoms with Crippen molar-refractivity contribution in [3.8, 4) is 0 Å². The second-order valence-corrected chi connectivity index (χ2v) is 9.44. The van der Waals surface area contributed by atoms with Gasteiger partial charge in [-0.05, 0) is 101 Å². The Labute approximate surface area is 207 Å².